The molecule has 0 aromatic carbocycles. The topological polar surface area (TPSA) is 149 Å². The lowest BCUT2D eigenvalue weighted by Gasteiger charge is -2.20. The zero-order valence-corrected chi connectivity index (χ0v) is 37.5. The SMILES string of the molecule is CCCC/C=C\C/C=C\CCCCCCCC(=O)OC(COC(=O)CCCCCCCCCCCCCCCCCCCCCC)COP(=O)(O)OCC(O)CO. The van der Waals surface area contributed by atoms with Gasteiger partial charge in [0.25, 0.3) is 0 Å². The second-order valence-corrected chi connectivity index (χ2v) is 17.2. The van der Waals surface area contributed by atoms with Gasteiger partial charge in [-0.15, -0.1) is 0 Å². The highest BCUT2D eigenvalue weighted by atomic mass is 31.2. The molecule has 57 heavy (non-hydrogen) atoms. The lowest BCUT2D eigenvalue weighted by atomic mass is 10.0. The molecule has 0 radical (unpaired) electrons. The van der Waals surface area contributed by atoms with Gasteiger partial charge in [-0.05, 0) is 38.5 Å². The molecule has 10 nitrogen and oxygen atoms in total. The van der Waals surface area contributed by atoms with Gasteiger partial charge < -0.3 is 24.6 Å². The Morgan fingerprint density at radius 1 is 0.526 bits per heavy atom. The molecule has 3 unspecified atom stereocenters. The molecule has 0 rings (SSSR count). The van der Waals surface area contributed by atoms with Crippen LogP contribution in [0.3, 0.4) is 0 Å². The van der Waals surface area contributed by atoms with E-state index in [1.165, 1.54) is 116 Å². The zero-order valence-electron chi connectivity index (χ0n) is 36.6. The molecule has 0 bridgehead atoms. The second kappa shape index (κ2) is 42.6. The number of unbranched alkanes of at least 4 members (excludes halogenated alkanes) is 26. The minimum atomic E-state index is -4.62. The molecule has 0 amide bonds. The molecule has 0 aromatic heterocycles. The maximum Gasteiger partial charge on any atom is 0.472 e. The number of carbonyl (C=O) groups excluding carboxylic acids is 2. The van der Waals surface area contributed by atoms with Crippen molar-refractivity contribution in [2.75, 3.05) is 26.4 Å². The van der Waals surface area contributed by atoms with Crippen LogP contribution in [0.25, 0.3) is 0 Å². The Kier molecular flexibility index (Phi) is 41.4. The Balaban J connectivity index is 4.19. The fourth-order valence-corrected chi connectivity index (χ4v) is 7.27. The Bertz CT molecular complexity index is 1000. The van der Waals surface area contributed by atoms with Gasteiger partial charge in [-0.2, -0.15) is 0 Å². The minimum Gasteiger partial charge on any atom is -0.462 e. The standard InChI is InChI=1S/C46H87O10P/c1-3-5-7-9-11-13-15-17-19-20-21-22-23-24-26-27-29-31-33-35-37-45(49)53-41-44(42-55-57(51,52)54-40-43(48)39-47)56-46(50)38-36-34-32-30-28-25-18-16-14-12-10-8-6-4-2/h10,12,16,18,43-44,47-48H,3-9,11,13-15,17,19-42H2,1-2H3,(H,51,52)/b12-10-,18-16-. The van der Waals surface area contributed by atoms with Gasteiger partial charge >= 0.3 is 19.8 Å². The van der Waals surface area contributed by atoms with E-state index in [4.69, 9.17) is 23.6 Å². The van der Waals surface area contributed by atoms with Gasteiger partial charge in [0.05, 0.1) is 19.8 Å². The van der Waals surface area contributed by atoms with E-state index in [1.54, 1.807) is 0 Å². The predicted molar refractivity (Wildman–Crippen MR) is 233 cm³/mol. The number of phosphoric ester groups is 1. The third kappa shape index (κ3) is 42.4. The summed E-state index contributed by atoms with van der Waals surface area (Å²) in [4.78, 5) is 35.0. The van der Waals surface area contributed by atoms with Gasteiger partial charge in [-0.1, -0.05) is 192 Å². The molecule has 0 aromatic rings. The van der Waals surface area contributed by atoms with E-state index in [0.717, 1.165) is 64.2 Å². The molecule has 0 heterocycles. The summed E-state index contributed by atoms with van der Waals surface area (Å²) in [6.45, 7) is 2.35. The smallest absolute Gasteiger partial charge is 0.462 e. The lowest BCUT2D eigenvalue weighted by Crippen LogP contribution is -2.29. The van der Waals surface area contributed by atoms with E-state index in [0.29, 0.717) is 12.8 Å². The fraction of sp³-hybridized carbons (Fsp3) is 0.870. The summed E-state index contributed by atoms with van der Waals surface area (Å²) in [7, 11) is -4.62. The molecular formula is C46H87O10P. The van der Waals surface area contributed by atoms with Crippen molar-refractivity contribution in [2.24, 2.45) is 0 Å². The normalized spacial score (nSPS) is 14.0. The van der Waals surface area contributed by atoms with Crippen molar-refractivity contribution in [1.29, 1.82) is 0 Å². The van der Waals surface area contributed by atoms with Crippen molar-refractivity contribution in [3.05, 3.63) is 24.3 Å². The molecule has 0 spiro atoms. The van der Waals surface area contributed by atoms with Crippen molar-refractivity contribution < 1.29 is 47.8 Å². The number of esters is 2. The van der Waals surface area contributed by atoms with Crippen LogP contribution >= 0.6 is 7.82 Å². The van der Waals surface area contributed by atoms with Crippen molar-refractivity contribution in [3.8, 4) is 0 Å². The molecular weight excluding hydrogens is 743 g/mol. The van der Waals surface area contributed by atoms with Crippen LogP contribution in [0.2, 0.25) is 0 Å². The van der Waals surface area contributed by atoms with E-state index in [-0.39, 0.29) is 19.4 Å². The van der Waals surface area contributed by atoms with Gasteiger partial charge in [-0.3, -0.25) is 18.6 Å². The maximum atomic E-state index is 12.6. The van der Waals surface area contributed by atoms with E-state index in [1.807, 2.05) is 0 Å². The van der Waals surface area contributed by atoms with E-state index in [2.05, 4.69) is 38.2 Å². The third-order valence-electron chi connectivity index (χ3n) is 10.1. The molecule has 11 heteroatoms. The highest BCUT2D eigenvalue weighted by Crippen LogP contribution is 2.43. The van der Waals surface area contributed by atoms with Crippen LogP contribution in [0.1, 0.15) is 219 Å². The molecule has 0 aliphatic carbocycles. The fourth-order valence-electron chi connectivity index (χ4n) is 6.48. The van der Waals surface area contributed by atoms with E-state index >= 15 is 0 Å². The molecule has 336 valence electrons. The van der Waals surface area contributed by atoms with Crippen molar-refractivity contribution >= 4 is 19.8 Å². The number of aliphatic hydroxyl groups excluding tert-OH is 2. The summed E-state index contributed by atoms with van der Waals surface area (Å²) in [5, 5.41) is 18.3. The van der Waals surface area contributed by atoms with E-state index in [9.17, 15) is 24.2 Å². The van der Waals surface area contributed by atoms with Gasteiger partial charge in [0, 0.05) is 12.8 Å². The summed E-state index contributed by atoms with van der Waals surface area (Å²) in [6.07, 6.45) is 42.9. The largest absolute Gasteiger partial charge is 0.472 e. The highest BCUT2D eigenvalue weighted by Gasteiger charge is 2.27. The Hall–Kier alpha value is -1.55. The molecule has 3 N–H and O–H groups in total. The number of allylic oxidation sites excluding steroid dienone is 4. The van der Waals surface area contributed by atoms with Gasteiger partial charge in [0.15, 0.2) is 6.10 Å². The number of hydrogen-bond acceptors (Lipinski definition) is 9. The van der Waals surface area contributed by atoms with Crippen LogP contribution < -0.4 is 0 Å². The first-order valence-corrected chi connectivity index (χ1v) is 24.8. The van der Waals surface area contributed by atoms with Crippen LogP contribution in [-0.2, 0) is 32.7 Å². The predicted octanol–water partition coefficient (Wildman–Crippen LogP) is 12.6. The molecule has 0 saturated carbocycles. The van der Waals surface area contributed by atoms with Crippen molar-refractivity contribution in [1.82, 2.24) is 0 Å². The minimum absolute atomic E-state index is 0.171. The molecule has 0 aliphatic rings. The van der Waals surface area contributed by atoms with Gasteiger partial charge in [0.1, 0.15) is 12.7 Å². The lowest BCUT2D eigenvalue weighted by molar-refractivity contribution is -0.161. The summed E-state index contributed by atoms with van der Waals surface area (Å²) < 4.78 is 32.7. The first-order chi connectivity index (χ1) is 27.7. The molecule has 0 saturated heterocycles. The van der Waals surface area contributed by atoms with Crippen molar-refractivity contribution in [2.45, 2.75) is 232 Å². The number of carbonyl (C=O) groups is 2. The quantitative estimate of drug-likeness (QED) is 0.0234. The number of ether oxygens (including phenoxy) is 2. The number of hydrogen-bond donors (Lipinski definition) is 3. The van der Waals surface area contributed by atoms with Crippen LogP contribution in [0.5, 0.6) is 0 Å². The Morgan fingerprint density at radius 2 is 0.930 bits per heavy atom. The first kappa shape index (κ1) is 55.5. The Labute approximate surface area is 348 Å². The second-order valence-electron chi connectivity index (χ2n) is 15.8. The van der Waals surface area contributed by atoms with Crippen LogP contribution in [0, 0.1) is 0 Å². The van der Waals surface area contributed by atoms with Gasteiger partial charge in [-0.25, -0.2) is 4.57 Å². The third-order valence-corrected chi connectivity index (χ3v) is 11.1. The summed E-state index contributed by atoms with van der Waals surface area (Å²) in [5.74, 6) is -0.931. The summed E-state index contributed by atoms with van der Waals surface area (Å²) in [6, 6.07) is 0. The monoisotopic (exact) mass is 831 g/mol. The number of phosphoric acid groups is 1. The first-order valence-electron chi connectivity index (χ1n) is 23.3. The molecule has 0 fully saturated rings. The maximum absolute atomic E-state index is 12.6. The summed E-state index contributed by atoms with van der Waals surface area (Å²) in [5.41, 5.74) is 0. The number of rotatable bonds is 44. The summed E-state index contributed by atoms with van der Waals surface area (Å²) >= 11 is 0. The van der Waals surface area contributed by atoms with Gasteiger partial charge in [0.2, 0.25) is 0 Å². The Morgan fingerprint density at radius 3 is 1.40 bits per heavy atom. The zero-order chi connectivity index (χ0) is 41.9. The van der Waals surface area contributed by atoms with Crippen LogP contribution in [-0.4, -0.2) is 65.7 Å². The highest BCUT2D eigenvalue weighted by molar-refractivity contribution is 7.47. The van der Waals surface area contributed by atoms with Crippen LogP contribution in [0.4, 0.5) is 0 Å². The van der Waals surface area contributed by atoms with Crippen molar-refractivity contribution in [3.63, 3.8) is 0 Å². The molecule has 3 atom stereocenters. The average molecular weight is 831 g/mol. The average Bonchev–Trinajstić information content (AvgIpc) is 3.20. The van der Waals surface area contributed by atoms with E-state index < -0.39 is 51.8 Å². The van der Waals surface area contributed by atoms with Crippen LogP contribution in [0.15, 0.2) is 24.3 Å². The number of aliphatic hydroxyl groups is 2. The molecule has 0 aliphatic heterocycles.